The smallest absolute Gasteiger partial charge is 0.257 e. The normalized spacial score (nSPS) is 11.8. The highest BCUT2D eigenvalue weighted by molar-refractivity contribution is 5.94. The monoisotopic (exact) mass is 275 g/mol. The third-order valence-electron chi connectivity index (χ3n) is 2.78. The number of nitrogens with one attached hydrogen (secondary N) is 1. The Morgan fingerprint density at radius 2 is 1.95 bits per heavy atom. The average Bonchev–Trinajstić information content (AvgIpc) is 2.47. The van der Waals surface area contributed by atoms with E-state index in [9.17, 15) is 14.3 Å². The summed E-state index contributed by atoms with van der Waals surface area (Å²) in [5, 5.41) is 12.3. The number of methoxy groups -OCH3 is 1. The molecule has 0 radical (unpaired) electrons. The van der Waals surface area contributed by atoms with E-state index in [1.807, 2.05) is 0 Å². The summed E-state index contributed by atoms with van der Waals surface area (Å²) < 4.78 is 18.3. The van der Waals surface area contributed by atoms with Crippen molar-refractivity contribution in [3.63, 3.8) is 0 Å². The van der Waals surface area contributed by atoms with Gasteiger partial charge in [-0.1, -0.05) is 30.3 Å². The van der Waals surface area contributed by atoms with Gasteiger partial charge in [-0.05, 0) is 17.7 Å². The van der Waals surface area contributed by atoms with E-state index < -0.39 is 17.8 Å². The number of anilines is 1. The Labute approximate surface area is 115 Å². The number of rotatable bonds is 4. The van der Waals surface area contributed by atoms with Crippen molar-refractivity contribution in [1.82, 2.24) is 0 Å². The fraction of sp³-hybridized carbons (Fsp3) is 0.133. The van der Waals surface area contributed by atoms with Gasteiger partial charge in [-0.25, -0.2) is 4.39 Å². The summed E-state index contributed by atoms with van der Waals surface area (Å²) in [7, 11) is 1.36. The lowest BCUT2D eigenvalue weighted by Crippen LogP contribution is -2.20. The summed E-state index contributed by atoms with van der Waals surface area (Å²) in [5.41, 5.74) is 0.724. The fourth-order valence-electron chi connectivity index (χ4n) is 1.74. The largest absolute Gasteiger partial charge is 0.494 e. The average molecular weight is 275 g/mol. The Balaban J connectivity index is 2.10. The zero-order chi connectivity index (χ0) is 14.5. The molecule has 0 fully saturated rings. The first kappa shape index (κ1) is 14.0. The standard InChI is InChI=1S/C15H14FNO3/c1-20-13-8-7-11(9-12(13)16)17-15(19)14(18)10-5-3-2-4-6-10/h2-9,14,18H,1H3,(H,17,19). The molecule has 0 heterocycles. The summed E-state index contributed by atoms with van der Waals surface area (Å²) in [4.78, 5) is 11.9. The molecule has 0 saturated carbocycles. The van der Waals surface area contributed by atoms with Crippen LogP contribution >= 0.6 is 0 Å². The first-order valence-electron chi connectivity index (χ1n) is 5.99. The molecule has 5 heteroatoms. The topological polar surface area (TPSA) is 58.6 Å². The van der Waals surface area contributed by atoms with Gasteiger partial charge >= 0.3 is 0 Å². The Hall–Kier alpha value is -2.40. The van der Waals surface area contributed by atoms with Crippen LogP contribution in [-0.4, -0.2) is 18.1 Å². The van der Waals surface area contributed by atoms with Crippen molar-refractivity contribution in [2.75, 3.05) is 12.4 Å². The molecule has 0 aliphatic heterocycles. The van der Waals surface area contributed by atoms with Crippen LogP contribution in [-0.2, 0) is 4.79 Å². The van der Waals surface area contributed by atoms with Crippen LogP contribution in [0.1, 0.15) is 11.7 Å². The molecule has 104 valence electrons. The molecule has 1 unspecified atom stereocenters. The maximum Gasteiger partial charge on any atom is 0.257 e. The number of carbonyl (C=O) groups excluding carboxylic acids is 1. The summed E-state index contributed by atoms with van der Waals surface area (Å²) in [6.45, 7) is 0. The highest BCUT2D eigenvalue weighted by Gasteiger charge is 2.17. The van der Waals surface area contributed by atoms with Crippen LogP contribution in [0.5, 0.6) is 5.75 Å². The van der Waals surface area contributed by atoms with Crippen LogP contribution in [0.4, 0.5) is 10.1 Å². The predicted octanol–water partition coefficient (Wildman–Crippen LogP) is 2.51. The minimum Gasteiger partial charge on any atom is -0.494 e. The van der Waals surface area contributed by atoms with Crippen molar-refractivity contribution in [2.45, 2.75) is 6.10 Å². The zero-order valence-electron chi connectivity index (χ0n) is 10.8. The number of hydrogen-bond acceptors (Lipinski definition) is 3. The van der Waals surface area contributed by atoms with E-state index >= 15 is 0 Å². The Kier molecular flexibility index (Phi) is 4.32. The summed E-state index contributed by atoms with van der Waals surface area (Å²) in [5.74, 6) is -1.12. The van der Waals surface area contributed by atoms with Crippen molar-refractivity contribution < 1.29 is 19.0 Å². The van der Waals surface area contributed by atoms with Gasteiger partial charge in [-0.15, -0.1) is 0 Å². The number of hydrogen-bond donors (Lipinski definition) is 2. The van der Waals surface area contributed by atoms with Crippen molar-refractivity contribution in [1.29, 1.82) is 0 Å². The number of carbonyl (C=O) groups is 1. The number of aliphatic hydroxyl groups excluding tert-OH is 1. The Morgan fingerprint density at radius 1 is 1.25 bits per heavy atom. The molecule has 0 aromatic heterocycles. The number of aliphatic hydroxyl groups is 1. The second-order valence-corrected chi connectivity index (χ2v) is 4.15. The van der Waals surface area contributed by atoms with E-state index in [0.717, 1.165) is 6.07 Å². The predicted molar refractivity (Wildman–Crippen MR) is 73.0 cm³/mol. The van der Waals surface area contributed by atoms with Gasteiger partial charge < -0.3 is 15.2 Å². The summed E-state index contributed by atoms with van der Waals surface area (Å²) in [6.07, 6.45) is -1.30. The van der Waals surface area contributed by atoms with Crippen LogP contribution in [0.2, 0.25) is 0 Å². The van der Waals surface area contributed by atoms with E-state index in [1.54, 1.807) is 30.3 Å². The number of ether oxygens (including phenoxy) is 1. The van der Waals surface area contributed by atoms with Crippen molar-refractivity contribution in [2.24, 2.45) is 0 Å². The third-order valence-corrected chi connectivity index (χ3v) is 2.78. The van der Waals surface area contributed by atoms with Crippen LogP contribution in [0, 0.1) is 5.82 Å². The third kappa shape index (κ3) is 3.13. The van der Waals surface area contributed by atoms with Gasteiger partial charge in [0.2, 0.25) is 0 Å². The summed E-state index contributed by atoms with van der Waals surface area (Å²) >= 11 is 0. The molecule has 20 heavy (non-hydrogen) atoms. The van der Waals surface area contributed by atoms with Gasteiger partial charge in [0.1, 0.15) is 0 Å². The van der Waals surface area contributed by atoms with E-state index in [2.05, 4.69) is 5.32 Å². The Bertz CT molecular complexity index is 601. The minimum atomic E-state index is -1.30. The van der Waals surface area contributed by atoms with Crippen molar-refractivity contribution in [3.8, 4) is 5.75 Å². The molecule has 0 aliphatic rings. The molecule has 2 aromatic carbocycles. The quantitative estimate of drug-likeness (QED) is 0.901. The van der Waals surface area contributed by atoms with Gasteiger partial charge in [0.15, 0.2) is 17.7 Å². The molecule has 1 amide bonds. The van der Waals surface area contributed by atoms with Gasteiger partial charge in [0.05, 0.1) is 7.11 Å². The molecule has 2 aromatic rings. The molecule has 2 rings (SSSR count). The molecule has 4 nitrogen and oxygen atoms in total. The van der Waals surface area contributed by atoms with Gasteiger partial charge in [-0.3, -0.25) is 4.79 Å². The van der Waals surface area contributed by atoms with Crippen LogP contribution in [0.3, 0.4) is 0 Å². The summed E-state index contributed by atoms with van der Waals surface area (Å²) in [6, 6.07) is 12.5. The molecule has 1 atom stereocenters. The molecular formula is C15H14FNO3. The van der Waals surface area contributed by atoms with E-state index in [-0.39, 0.29) is 11.4 Å². The molecular weight excluding hydrogens is 261 g/mol. The molecule has 0 spiro atoms. The van der Waals surface area contributed by atoms with Gasteiger partial charge in [0.25, 0.3) is 5.91 Å². The number of halogens is 1. The minimum absolute atomic E-state index is 0.0895. The lowest BCUT2D eigenvalue weighted by atomic mass is 10.1. The van der Waals surface area contributed by atoms with Gasteiger partial charge in [-0.2, -0.15) is 0 Å². The highest BCUT2D eigenvalue weighted by atomic mass is 19.1. The van der Waals surface area contributed by atoms with E-state index in [4.69, 9.17) is 4.74 Å². The SMILES string of the molecule is COc1ccc(NC(=O)C(O)c2ccccc2)cc1F. The van der Waals surface area contributed by atoms with E-state index in [1.165, 1.54) is 19.2 Å². The molecule has 0 aliphatic carbocycles. The van der Waals surface area contributed by atoms with Crippen molar-refractivity contribution in [3.05, 3.63) is 59.9 Å². The lowest BCUT2D eigenvalue weighted by Gasteiger charge is -2.12. The second-order valence-electron chi connectivity index (χ2n) is 4.15. The maximum absolute atomic E-state index is 13.5. The fourth-order valence-corrected chi connectivity index (χ4v) is 1.74. The van der Waals surface area contributed by atoms with Crippen molar-refractivity contribution >= 4 is 11.6 Å². The lowest BCUT2D eigenvalue weighted by molar-refractivity contribution is -0.124. The van der Waals surface area contributed by atoms with Crippen LogP contribution in [0.15, 0.2) is 48.5 Å². The highest BCUT2D eigenvalue weighted by Crippen LogP contribution is 2.22. The Morgan fingerprint density at radius 3 is 2.55 bits per heavy atom. The molecule has 0 bridgehead atoms. The zero-order valence-corrected chi connectivity index (χ0v) is 10.8. The molecule has 2 N–H and O–H groups in total. The van der Waals surface area contributed by atoms with E-state index in [0.29, 0.717) is 5.56 Å². The number of amides is 1. The molecule has 0 saturated heterocycles. The first-order chi connectivity index (χ1) is 9.61. The number of benzene rings is 2. The van der Waals surface area contributed by atoms with Gasteiger partial charge in [0, 0.05) is 11.8 Å². The van der Waals surface area contributed by atoms with Crippen LogP contribution < -0.4 is 10.1 Å². The first-order valence-corrected chi connectivity index (χ1v) is 5.99. The van der Waals surface area contributed by atoms with Crippen LogP contribution in [0.25, 0.3) is 0 Å². The second kappa shape index (κ2) is 6.16. The maximum atomic E-state index is 13.5.